The summed E-state index contributed by atoms with van der Waals surface area (Å²) in [6, 6.07) is 6.45. The summed E-state index contributed by atoms with van der Waals surface area (Å²) in [6.45, 7) is 6.25. The van der Waals surface area contributed by atoms with Gasteiger partial charge < -0.3 is 10.5 Å². The lowest BCUT2D eigenvalue weighted by Gasteiger charge is -2.26. The zero-order chi connectivity index (χ0) is 19.3. The third kappa shape index (κ3) is 5.20. The van der Waals surface area contributed by atoms with E-state index in [0.717, 1.165) is 6.42 Å². The summed E-state index contributed by atoms with van der Waals surface area (Å²) < 4.78 is 31.3. The number of ether oxygens (including phenoxy) is 1. The third-order valence-electron chi connectivity index (χ3n) is 3.72. The minimum Gasteiger partial charge on any atom is -0.475 e. The van der Waals surface area contributed by atoms with Gasteiger partial charge in [-0.3, -0.25) is 4.98 Å². The minimum absolute atomic E-state index is 0.180. The predicted molar refractivity (Wildman–Crippen MR) is 94.7 cm³/mol. The highest BCUT2D eigenvalue weighted by atomic mass is 19.3. The summed E-state index contributed by atoms with van der Waals surface area (Å²) in [5.74, 6) is 0.593. The third-order valence-corrected chi connectivity index (χ3v) is 3.72. The van der Waals surface area contributed by atoms with Crippen LogP contribution in [0.3, 0.4) is 0 Å². The lowest BCUT2D eigenvalue weighted by Crippen LogP contribution is -2.43. The molecule has 0 radical (unpaired) electrons. The molecule has 2 N–H and O–H groups in total. The zero-order valence-electron chi connectivity index (χ0n) is 15.0. The highest BCUT2D eigenvalue weighted by Crippen LogP contribution is 2.27. The van der Waals surface area contributed by atoms with Crippen molar-refractivity contribution in [2.24, 2.45) is 11.7 Å². The second-order valence-corrected chi connectivity index (χ2v) is 7.00. The van der Waals surface area contributed by atoms with Crippen LogP contribution in [-0.2, 0) is 0 Å². The molecule has 0 aromatic carbocycles. The Morgan fingerprint density at radius 1 is 1.27 bits per heavy atom. The molecule has 5 nitrogen and oxygen atoms in total. The van der Waals surface area contributed by atoms with E-state index in [1.165, 1.54) is 18.5 Å². The number of hydrogen-bond acceptors (Lipinski definition) is 5. The molecule has 0 spiro atoms. The van der Waals surface area contributed by atoms with Crippen molar-refractivity contribution in [3.63, 3.8) is 0 Å². The molecule has 0 aliphatic rings. The highest BCUT2D eigenvalue weighted by molar-refractivity contribution is 5.65. The molecular formula is C19H22F2N4O. The Morgan fingerprint density at radius 3 is 2.62 bits per heavy atom. The van der Waals surface area contributed by atoms with Gasteiger partial charge in [-0.2, -0.15) is 5.26 Å². The van der Waals surface area contributed by atoms with Gasteiger partial charge in [0.15, 0.2) is 0 Å². The van der Waals surface area contributed by atoms with Crippen LogP contribution in [0, 0.1) is 17.2 Å². The lowest BCUT2D eigenvalue weighted by atomic mass is 9.93. The molecule has 0 fully saturated rings. The Balaban J connectivity index is 2.23. The quantitative estimate of drug-likeness (QED) is 0.804. The second kappa shape index (κ2) is 8.19. The molecule has 2 heterocycles. The Kier molecular flexibility index (Phi) is 6.22. The summed E-state index contributed by atoms with van der Waals surface area (Å²) in [5, 5.41) is 9.37. The molecule has 26 heavy (non-hydrogen) atoms. The first-order valence-corrected chi connectivity index (χ1v) is 8.28. The van der Waals surface area contributed by atoms with Gasteiger partial charge in [-0.15, -0.1) is 0 Å². The van der Waals surface area contributed by atoms with Gasteiger partial charge in [0.2, 0.25) is 5.88 Å². The van der Waals surface area contributed by atoms with E-state index >= 15 is 0 Å². The number of rotatable bonds is 7. The molecule has 2 rings (SSSR count). The normalized spacial score (nSPS) is 13.5. The average molecular weight is 360 g/mol. The number of aromatic nitrogens is 2. The molecule has 0 amide bonds. The standard InChI is InChI=1S/C19H22F2N4O/c1-12(2)8-19(3,23)11-26-18-14(9-22)6-15(10-25-18)13-4-5-24-16(7-13)17(20)21/h4-7,10,12,17H,8,11,23H2,1-3H3/t19-/m0/s1. The van der Waals surface area contributed by atoms with Crippen molar-refractivity contribution in [2.75, 3.05) is 6.61 Å². The maximum absolute atomic E-state index is 12.8. The van der Waals surface area contributed by atoms with Crippen LogP contribution in [0.25, 0.3) is 11.1 Å². The number of nitriles is 1. The first-order valence-electron chi connectivity index (χ1n) is 8.28. The van der Waals surface area contributed by atoms with Crippen LogP contribution in [0.4, 0.5) is 8.78 Å². The van der Waals surface area contributed by atoms with Crippen molar-refractivity contribution in [1.82, 2.24) is 9.97 Å². The Hall–Kier alpha value is -2.59. The van der Waals surface area contributed by atoms with Crippen molar-refractivity contribution in [3.05, 3.63) is 41.9 Å². The van der Waals surface area contributed by atoms with Gasteiger partial charge in [0.25, 0.3) is 6.43 Å². The number of alkyl halides is 2. The fraction of sp³-hybridized carbons (Fsp3) is 0.421. The van der Waals surface area contributed by atoms with Gasteiger partial charge in [0.05, 0.1) is 0 Å². The summed E-state index contributed by atoms with van der Waals surface area (Å²) in [4.78, 5) is 7.80. The largest absolute Gasteiger partial charge is 0.475 e. The highest BCUT2D eigenvalue weighted by Gasteiger charge is 2.22. The van der Waals surface area contributed by atoms with Crippen LogP contribution in [-0.4, -0.2) is 22.1 Å². The van der Waals surface area contributed by atoms with Crippen molar-refractivity contribution >= 4 is 0 Å². The van der Waals surface area contributed by atoms with Gasteiger partial charge in [-0.05, 0) is 43.0 Å². The molecule has 2 aromatic rings. The van der Waals surface area contributed by atoms with Crippen molar-refractivity contribution in [2.45, 2.75) is 39.2 Å². The Morgan fingerprint density at radius 2 is 2.00 bits per heavy atom. The molecule has 7 heteroatoms. The van der Waals surface area contributed by atoms with Gasteiger partial charge >= 0.3 is 0 Å². The minimum atomic E-state index is -2.66. The number of halogens is 2. The number of nitrogens with zero attached hydrogens (tertiary/aromatic N) is 3. The van der Waals surface area contributed by atoms with Crippen LogP contribution in [0.5, 0.6) is 5.88 Å². The molecule has 138 valence electrons. The van der Waals surface area contributed by atoms with Crippen molar-refractivity contribution in [3.8, 4) is 23.1 Å². The van der Waals surface area contributed by atoms with Gasteiger partial charge in [-0.1, -0.05) is 13.8 Å². The fourth-order valence-electron chi connectivity index (χ4n) is 2.78. The molecule has 0 bridgehead atoms. The molecular weight excluding hydrogens is 338 g/mol. The van der Waals surface area contributed by atoms with E-state index in [0.29, 0.717) is 17.0 Å². The van der Waals surface area contributed by atoms with Crippen LogP contribution in [0.2, 0.25) is 0 Å². The van der Waals surface area contributed by atoms with Crippen LogP contribution in [0.1, 0.15) is 44.9 Å². The molecule has 0 unspecified atom stereocenters. The first kappa shape index (κ1) is 19.7. The fourth-order valence-corrected chi connectivity index (χ4v) is 2.78. The maximum atomic E-state index is 12.8. The first-order chi connectivity index (χ1) is 12.2. The molecule has 2 aromatic heterocycles. The van der Waals surface area contributed by atoms with E-state index in [-0.39, 0.29) is 23.7 Å². The zero-order valence-corrected chi connectivity index (χ0v) is 15.0. The molecule has 0 saturated heterocycles. The molecule has 0 aliphatic carbocycles. The van der Waals surface area contributed by atoms with Crippen molar-refractivity contribution in [1.29, 1.82) is 5.26 Å². The number of nitrogens with two attached hydrogens (primary N) is 1. The van der Waals surface area contributed by atoms with Crippen LogP contribution >= 0.6 is 0 Å². The van der Waals surface area contributed by atoms with E-state index < -0.39 is 12.0 Å². The summed E-state index contributed by atoms with van der Waals surface area (Å²) in [7, 11) is 0. The van der Waals surface area contributed by atoms with Crippen molar-refractivity contribution < 1.29 is 13.5 Å². The van der Waals surface area contributed by atoms with Gasteiger partial charge in [-0.25, -0.2) is 13.8 Å². The molecule has 1 atom stereocenters. The van der Waals surface area contributed by atoms with E-state index in [2.05, 4.69) is 23.8 Å². The summed E-state index contributed by atoms with van der Waals surface area (Å²) >= 11 is 0. The Labute approximate surface area is 151 Å². The van der Waals surface area contributed by atoms with E-state index in [9.17, 15) is 14.0 Å². The smallest absolute Gasteiger partial charge is 0.280 e. The van der Waals surface area contributed by atoms with E-state index in [1.54, 1.807) is 12.1 Å². The number of pyridine rings is 2. The van der Waals surface area contributed by atoms with E-state index in [1.807, 2.05) is 13.0 Å². The topological polar surface area (TPSA) is 84.8 Å². The molecule has 0 saturated carbocycles. The van der Waals surface area contributed by atoms with Gasteiger partial charge in [0.1, 0.15) is 23.9 Å². The average Bonchev–Trinajstić information content (AvgIpc) is 2.59. The second-order valence-electron chi connectivity index (χ2n) is 7.00. The summed E-state index contributed by atoms with van der Waals surface area (Å²) in [5.41, 5.74) is 6.61. The Bertz CT molecular complexity index is 800. The summed E-state index contributed by atoms with van der Waals surface area (Å²) in [6.07, 6.45) is 0.889. The predicted octanol–water partition coefficient (Wildman–Crippen LogP) is 4.10. The molecule has 0 aliphatic heterocycles. The van der Waals surface area contributed by atoms with E-state index in [4.69, 9.17) is 10.5 Å². The van der Waals surface area contributed by atoms with Crippen LogP contribution < -0.4 is 10.5 Å². The monoisotopic (exact) mass is 360 g/mol. The lowest BCUT2D eigenvalue weighted by molar-refractivity contribution is 0.146. The van der Waals surface area contributed by atoms with Crippen LogP contribution in [0.15, 0.2) is 30.6 Å². The number of hydrogen-bond donors (Lipinski definition) is 1. The van der Waals surface area contributed by atoms with Gasteiger partial charge in [0, 0.05) is 23.5 Å². The maximum Gasteiger partial charge on any atom is 0.280 e. The SMILES string of the molecule is CC(C)C[C@](C)(N)COc1ncc(-c2ccnc(C(F)F)c2)cc1C#N.